The molecule has 0 atom stereocenters. The van der Waals surface area contributed by atoms with Gasteiger partial charge in [-0.05, 0) is 24.1 Å². The van der Waals surface area contributed by atoms with Crippen molar-refractivity contribution in [2.75, 3.05) is 27.1 Å². The van der Waals surface area contributed by atoms with Gasteiger partial charge in [0.15, 0.2) is 18.7 Å². The molecule has 0 unspecified atom stereocenters. The summed E-state index contributed by atoms with van der Waals surface area (Å²) >= 11 is 0. The fourth-order valence-corrected chi connectivity index (χ4v) is 3.07. The first kappa shape index (κ1) is 18.7. The number of hydrogen-bond acceptors (Lipinski definition) is 7. The summed E-state index contributed by atoms with van der Waals surface area (Å²) in [5.41, 5.74) is 0.871. The van der Waals surface area contributed by atoms with E-state index in [9.17, 15) is 14.4 Å². The minimum absolute atomic E-state index is 0.0384. The third-order valence-corrected chi connectivity index (χ3v) is 4.30. The first-order valence-corrected chi connectivity index (χ1v) is 8.31. The van der Waals surface area contributed by atoms with E-state index in [1.165, 1.54) is 18.1 Å². The Labute approximate surface area is 154 Å². The molecule has 8 heteroatoms. The van der Waals surface area contributed by atoms with Crippen LogP contribution < -0.4 is 10.4 Å². The smallest absolute Gasteiger partial charge is 0.410 e. The fourth-order valence-electron chi connectivity index (χ4n) is 3.07. The maximum atomic E-state index is 12.5. The Bertz CT molecular complexity index is 947. The molecule has 0 N–H and O–H groups in total. The predicted octanol–water partition coefficient (Wildman–Crippen LogP) is 2.27. The van der Waals surface area contributed by atoms with Gasteiger partial charge in [0.05, 0.1) is 17.7 Å². The second-order valence-corrected chi connectivity index (χ2v) is 5.91. The van der Waals surface area contributed by atoms with E-state index >= 15 is 0 Å². The molecule has 0 bridgehead atoms. The second kappa shape index (κ2) is 8.05. The van der Waals surface area contributed by atoms with Gasteiger partial charge in [-0.1, -0.05) is 12.7 Å². The van der Waals surface area contributed by atoms with Crippen LogP contribution in [0.4, 0.5) is 4.79 Å². The molecular weight excluding hydrogens is 354 g/mol. The molecule has 2 heterocycles. The first-order chi connectivity index (χ1) is 13.1. The third kappa shape index (κ3) is 3.56. The van der Waals surface area contributed by atoms with Crippen LogP contribution in [0.3, 0.4) is 0 Å². The summed E-state index contributed by atoms with van der Waals surface area (Å²) < 4.78 is 20.6. The Hall–Kier alpha value is -3.13. The molecule has 0 spiro atoms. The lowest BCUT2D eigenvalue weighted by Crippen LogP contribution is -2.38. The molecule has 0 saturated carbocycles. The summed E-state index contributed by atoms with van der Waals surface area (Å²) in [5.74, 6) is 0.271. The minimum Gasteiger partial charge on any atom is -0.467 e. The number of benzene rings is 1. The molecule has 0 saturated heterocycles. The minimum atomic E-state index is -0.592. The summed E-state index contributed by atoms with van der Waals surface area (Å²) in [7, 11) is 1.46. The van der Waals surface area contributed by atoms with Crippen molar-refractivity contribution in [1.29, 1.82) is 0 Å². The van der Waals surface area contributed by atoms with Crippen LogP contribution in [0.2, 0.25) is 0 Å². The Balaban J connectivity index is 2.02. The maximum Gasteiger partial charge on any atom is 0.410 e. The summed E-state index contributed by atoms with van der Waals surface area (Å²) in [5, 5.41) is 0.649. The number of carbonyl (C=O) groups excluding carboxylic acids is 2. The van der Waals surface area contributed by atoms with Crippen LogP contribution in [0.5, 0.6) is 5.75 Å². The van der Waals surface area contributed by atoms with Gasteiger partial charge in [-0.25, -0.2) is 9.59 Å². The standard InChI is InChI=1S/C19H19NO7/c1-3-8-25-19(23)20-7-6-12-13-4-5-16(26-11-24-2)15(10-21)17(13)27-18(22)14(12)9-20/h3-5,10H,1,6-9,11H2,2H3. The molecule has 27 heavy (non-hydrogen) atoms. The molecule has 8 nitrogen and oxygen atoms in total. The molecule has 1 aromatic carbocycles. The molecule has 1 aliphatic heterocycles. The van der Waals surface area contributed by atoms with Crippen molar-refractivity contribution >= 4 is 23.3 Å². The van der Waals surface area contributed by atoms with Crippen molar-refractivity contribution in [2.45, 2.75) is 13.0 Å². The van der Waals surface area contributed by atoms with Crippen LogP contribution in [0.1, 0.15) is 21.5 Å². The molecule has 0 radical (unpaired) electrons. The van der Waals surface area contributed by atoms with Crippen molar-refractivity contribution in [1.82, 2.24) is 4.90 Å². The highest BCUT2D eigenvalue weighted by molar-refractivity contribution is 5.99. The number of carbonyl (C=O) groups is 2. The fraction of sp³-hybridized carbons (Fsp3) is 0.316. The monoisotopic (exact) mass is 373 g/mol. The molecule has 142 valence electrons. The Morgan fingerprint density at radius 1 is 1.37 bits per heavy atom. The van der Waals surface area contributed by atoms with E-state index < -0.39 is 11.7 Å². The van der Waals surface area contributed by atoms with Crippen LogP contribution in [0, 0.1) is 0 Å². The Kier molecular flexibility index (Phi) is 5.56. The molecule has 3 rings (SSSR count). The van der Waals surface area contributed by atoms with Gasteiger partial charge in [0.25, 0.3) is 0 Å². The average molecular weight is 373 g/mol. The highest BCUT2D eigenvalue weighted by atomic mass is 16.7. The lowest BCUT2D eigenvalue weighted by atomic mass is 9.96. The van der Waals surface area contributed by atoms with E-state index in [0.29, 0.717) is 30.2 Å². The Morgan fingerprint density at radius 2 is 2.19 bits per heavy atom. The Morgan fingerprint density at radius 3 is 2.89 bits per heavy atom. The third-order valence-electron chi connectivity index (χ3n) is 4.30. The van der Waals surface area contributed by atoms with E-state index in [1.807, 2.05) is 0 Å². The van der Waals surface area contributed by atoms with Crippen molar-refractivity contribution in [3.05, 3.63) is 51.9 Å². The zero-order valence-electron chi connectivity index (χ0n) is 14.9. The van der Waals surface area contributed by atoms with Crippen molar-refractivity contribution in [3.8, 4) is 5.75 Å². The zero-order valence-corrected chi connectivity index (χ0v) is 14.9. The van der Waals surface area contributed by atoms with Crippen molar-refractivity contribution in [3.63, 3.8) is 0 Å². The summed E-state index contributed by atoms with van der Waals surface area (Å²) in [4.78, 5) is 37.5. The molecular formula is C19H19NO7. The summed E-state index contributed by atoms with van der Waals surface area (Å²) in [6, 6.07) is 3.37. The molecule has 1 amide bonds. The van der Waals surface area contributed by atoms with Gasteiger partial charge in [-0.15, -0.1) is 0 Å². The lowest BCUT2D eigenvalue weighted by Gasteiger charge is -2.27. The maximum absolute atomic E-state index is 12.5. The van der Waals surface area contributed by atoms with Gasteiger partial charge in [-0.3, -0.25) is 4.79 Å². The van der Waals surface area contributed by atoms with Crippen LogP contribution in [-0.2, 0) is 22.4 Å². The number of ether oxygens (including phenoxy) is 3. The predicted molar refractivity (Wildman–Crippen MR) is 96.0 cm³/mol. The number of nitrogens with zero attached hydrogens (tertiary/aromatic N) is 1. The van der Waals surface area contributed by atoms with Crippen LogP contribution >= 0.6 is 0 Å². The normalized spacial score (nSPS) is 13.1. The van der Waals surface area contributed by atoms with E-state index in [4.69, 9.17) is 18.6 Å². The van der Waals surface area contributed by atoms with Crippen LogP contribution in [0.25, 0.3) is 11.0 Å². The number of aldehydes is 1. The number of hydrogen-bond donors (Lipinski definition) is 0. The van der Waals surface area contributed by atoms with Crippen LogP contribution in [-0.4, -0.2) is 44.3 Å². The van der Waals surface area contributed by atoms with E-state index in [2.05, 4.69) is 6.58 Å². The average Bonchev–Trinajstić information content (AvgIpc) is 2.69. The quantitative estimate of drug-likeness (QED) is 0.332. The molecule has 2 aromatic rings. The van der Waals surface area contributed by atoms with E-state index in [-0.39, 0.29) is 36.8 Å². The van der Waals surface area contributed by atoms with Gasteiger partial charge in [0.1, 0.15) is 12.4 Å². The van der Waals surface area contributed by atoms with Gasteiger partial charge in [-0.2, -0.15) is 0 Å². The van der Waals surface area contributed by atoms with Gasteiger partial charge in [0, 0.05) is 19.0 Å². The SMILES string of the molecule is C=CCOC(=O)N1CCc2c(c(=O)oc3c(C=O)c(OCOC)ccc23)C1. The first-order valence-electron chi connectivity index (χ1n) is 8.31. The zero-order chi connectivity index (χ0) is 19.4. The lowest BCUT2D eigenvalue weighted by molar-refractivity contribution is 0.0506. The largest absolute Gasteiger partial charge is 0.467 e. The topological polar surface area (TPSA) is 95.3 Å². The highest BCUT2D eigenvalue weighted by Gasteiger charge is 2.27. The summed E-state index contributed by atoms with van der Waals surface area (Å²) in [6.07, 6.45) is 1.99. The van der Waals surface area contributed by atoms with Gasteiger partial charge < -0.3 is 23.5 Å². The van der Waals surface area contributed by atoms with Crippen LogP contribution in [0.15, 0.2) is 34.0 Å². The van der Waals surface area contributed by atoms with Crippen molar-refractivity contribution < 1.29 is 28.2 Å². The molecule has 1 aliphatic rings. The highest BCUT2D eigenvalue weighted by Crippen LogP contribution is 2.31. The number of methoxy groups -OCH3 is 1. The van der Waals surface area contributed by atoms with Gasteiger partial charge >= 0.3 is 11.7 Å². The molecule has 0 fully saturated rings. The summed E-state index contributed by atoms with van der Waals surface area (Å²) in [6.45, 7) is 4.03. The number of rotatable bonds is 6. The second-order valence-electron chi connectivity index (χ2n) is 5.91. The van der Waals surface area contributed by atoms with Crippen molar-refractivity contribution in [2.24, 2.45) is 0 Å². The van der Waals surface area contributed by atoms with Gasteiger partial charge in [0.2, 0.25) is 0 Å². The van der Waals surface area contributed by atoms with E-state index in [1.54, 1.807) is 12.1 Å². The molecule has 1 aromatic heterocycles. The number of fused-ring (bicyclic) bond motifs is 3. The van der Waals surface area contributed by atoms with E-state index in [0.717, 1.165) is 5.56 Å². The number of amides is 1. The molecule has 0 aliphatic carbocycles.